The fourth-order valence-corrected chi connectivity index (χ4v) is 1.73. The molecule has 1 aromatic rings. The molecule has 0 saturated heterocycles. The van der Waals surface area contributed by atoms with Gasteiger partial charge in [0.1, 0.15) is 5.75 Å². The summed E-state index contributed by atoms with van der Waals surface area (Å²) in [4.78, 5) is 11.7. The largest absolute Gasteiger partial charge is 0.508 e. The van der Waals surface area contributed by atoms with E-state index >= 15 is 0 Å². The Morgan fingerprint density at radius 3 is 2.45 bits per heavy atom. The summed E-state index contributed by atoms with van der Waals surface area (Å²) < 4.78 is 43.1. The molecule has 0 heterocycles. The van der Waals surface area contributed by atoms with Crippen molar-refractivity contribution >= 4 is 5.97 Å². The van der Waals surface area contributed by atoms with Gasteiger partial charge in [0.25, 0.3) is 0 Å². The molecule has 1 atom stereocenters. The lowest BCUT2D eigenvalue weighted by Gasteiger charge is -2.17. The van der Waals surface area contributed by atoms with Crippen molar-refractivity contribution in [3.8, 4) is 5.75 Å². The molecule has 1 N–H and O–H groups in total. The van der Waals surface area contributed by atoms with Gasteiger partial charge in [-0.15, -0.1) is 0 Å². The highest BCUT2D eigenvalue weighted by atomic mass is 19.4. The van der Waals surface area contributed by atoms with Crippen LogP contribution in [0, 0.1) is 0 Å². The van der Waals surface area contributed by atoms with Gasteiger partial charge in [-0.1, -0.05) is 25.8 Å². The van der Waals surface area contributed by atoms with Crippen molar-refractivity contribution in [3.63, 3.8) is 0 Å². The molecule has 0 saturated carbocycles. The molecule has 1 unspecified atom stereocenters. The van der Waals surface area contributed by atoms with Crippen molar-refractivity contribution in [2.24, 2.45) is 0 Å². The lowest BCUT2D eigenvalue weighted by atomic mass is 10.2. The highest BCUT2D eigenvalue weighted by molar-refractivity contribution is 5.89. The van der Waals surface area contributed by atoms with Gasteiger partial charge in [-0.05, 0) is 43.2 Å². The summed E-state index contributed by atoms with van der Waals surface area (Å²) in [6, 6.07) is 4.83. The maximum atomic E-state index is 12.9. The zero-order valence-corrected chi connectivity index (χ0v) is 12.3. The van der Waals surface area contributed by atoms with Crippen LogP contribution in [-0.2, 0) is 4.74 Å². The normalized spacial score (nSPS) is 13.3. The number of alkyl halides is 3. The Hall–Kier alpha value is -1.98. The van der Waals surface area contributed by atoms with Crippen LogP contribution in [0.3, 0.4) is 0 Å². The molecular weight excluding hydrogens is 297 g/mol. The van der Waals surface area contributed by atoms with Gasteiger partial charge in [0, 0.05) is 0 Å². The first kappa shape index (κ1) is 18.1. The predicted octanol–water partition coefficient (Wildman–Crippen LogP) is 4.62. The number of carbonyl (C=O) groups excluding carboxylic acids is 1. The van der Waals surface area contributed by atoms with Crippen molar-refractivity contribution in [2.75, 3.05) is 0 Å². The summed E-state index contributed by atoms with van der Waals surface area (Å²) in [5, 5.41) is 9.09. The number of benzene rings is 1. The van der Waals surface area contributed by atoms with Gasteiger partial charge in [0.05, 0.1) is 5.56 Å². The number of phenols is 1. The minimum atomic E-state index is -4.66. The molecule has 0 aliphatic rings. The molecule has 0 bridgehead atoms. The zero-order valence-electron chi connectivity index (χ0n) is 12.3. The smallest absolute Gasteiger partial charge is 0.429 e. The van der Waals surface area contributed by atoms with E-state index in [0.717, 1.165) is 25.3 Å². The number of carbonyl (C=O) groups is 1. The molecule has 0 aromatic heterocycles. The maximum absolute atomic E-state index is 12.9. The number of unbranched alkanes of at least 4 members (excludes halogenated alkanes) is 3. The molecule has 22 heavy (non-hydrogen) atoms. The van der Waals surface area contributed by atoms with E-state index in [1.807, 2.05) is 6.92 Å². The summed E-state index contributed by atoms with van der Waals surface area (Å²) >= 11 is 0. The number of halogens is 3. The summed E-state index contributed by atoms with van der Waals surface area (Å²) in [7, 11) is 0. The summed E-state index contributed by atoms with van der Waals surface area (Å²) in [5.41, 5.74) is -0.0496. The number of aromatic hydroxyl groups is 1. The first-order valence-electron chi connectivity index (χ1n) is 7.08. The minimum Gasteiger partial charge on any atom is -0.508 e. The highest BCUT2D eigenvalue weighted by Gasteiger charge is 2.41. The zero-order chi connectivity index (χ0) is 16.6. The van der Waals surface area contributed by atoms with Crippen molar-refractivity contribution in [1.29, 1.82) is 0 Å². The Morgan fingerprint density at radius 1 is 1.27 bits per heavy atom. The first-order valence-corrected chi connectivity index (χ1v) is 7.08. The molecular formula is C16H19F3O3. The van der Waals surface area contributed by atoms with Gasteiger partial charge in [0.15, 0.2) is 0 Å². The Kier molecular flexibility index (Phi) is 6.95. The van der Waals surface area contributed by atoms with E-state index < -0.39 is 18.2 Å². The van der Waals surface area contributed by atoms with Gasteiger partial charge in [0.2, 0.25) is 6.10 Å². The fraction of sp³-hybridized carbons (Fsp3) is 0.438. The molecule has 3 nitrogen and oxygen atoms in total. The predicted molar refractivity (Wildman–Crippen MR) is 76.6 cm³/mol. The fourth-order valence-electron chi connectivity index (χ4n) is 1.73. The standard InChI is InChI=1S/C16H19F3O3/c1-2-3-4-5-6-7-14(16(17,18)19)22-15(21)12-8-10-13(20)11-9-12/h6-11,14,20H,2-5H2,1H3/b7-6+. The Balaban J connectivity index is 2.68. The van der Waals surface area contributed by atoms with E-state index in [1.165, 1.54) is 30.3 Å². The third-order valence-electron chi connectivity index (χ3n) is 2.94. The average Bonchev–Trinajstić information content (AvgIpc) is 2.45. The van der Waals surface area contributed by atoms with Crippen LogP contribution in [0.25, 0.3) is 0 Å². The van der Waals surface area contributed by atoms with Gasteiger partial charge < -0.3 is 9.84 Å². The van der Waals surface area contributed by atoms with Crippen LogP contribution < -0.4 is 0 Å². The molecule has 1 rings (SSSR count). The van der Waals surface area contributed by atoms with Crippen LogP contribution in [0.5, 0.6) is 5.75 Å². The van der Waals surface area contributed by atoms with Crippen molar-refractivity contribution in [1.82, 2.24) is 0 Å². The molecule has 0 fully saturated rings. The second-order valence-electron chi connectivity index (χ2n) is 4.84. The molecule has 0 aliphatic carbocycles. The Morgan fingerprint density at radius 2 is 1.91 bits per heavy atom. The minimum absolute atomic E-state index is 0.0496. The van der Waals surface area contributed by atoms with Gasteiger partial charge >= 0.3 is 12.1 Å². The Bertz CT molecular complexity index is 492. The third-order valence-corrected chi connectivity index (χ3v) is 2.94. The maximum Gasteiger partial charge on any atom is 0.429 e. The molecule has 0 spiro atoms. The van der Waals surface area contributed by atoms with Gasteiger partial charge in [-0.25, -0.2) is 4.79 Å². The van der Waals surface area contributed by atoms with Crippen LogP contribution in [0.4, 0.5) is 13.2 Å². The van der Waals surface area contributed by atoms with E-state index in [9.17, 15) is 18.0 Å². The number of phenolic OH excluding ortho intramolecular Hbond substituents is 1. The van der Waals surface area contributed by atoms with Crippen LogP contribution in [0.15, 0.2) is 36.4 Å². The monoisotopic (exact) mass is 316 g/mol. The Labute approximate surface area is 127 Å². The molecule has 0 radical (unpaired) electrons. The lowest BCUT2D eigenvalue weighted by molar-refractivity contribution is -0.189. The second-order valence-corrected chi connectivity index (χ2v) is 4.84. The van der Waals surface area contributed by atoms with Crippen LogP contribution >= 0.6 is 0 Å². The first-order chi connectivity index (χ1) is 10.3. The van der Waals surface area contributed by atoms with E-state index in [2.05, 4.69) is 4.74 Å². The summed E-state index contributed by atoms with van der Waals surface area (Å²) in [5.74, 6) is -1.17. The third kappa shape index (κ3) is 6.20. The van der Waals surface area contributed by atoms with Crippen molar-refractivity contribution in [3.05, 3.63) is 42.0 Å². The number of allylic oxidation sites excluding steroid dienone is 1. The molecule has 1 aromatic carbocycles. The van der Waals surface area contributed by atoms with Gasteiger partial charge in [-0.3, -0.25) is 0 Å². The number of esters is 1. The van der Waals surface area contributed by atoms with Crippen LogP contribution in [0.1, 0.15) is 43.0 Å². The average molecular weight is 316 g/mol. The SMILES string of the molecule is CCCCC/C=C/C(OC(=O)c1ccc(O)cc1)C(F)(F)F. The number of hydrogen-bond acceptors (Lipinski definition) is 3. The topological polar surface area (TPSA) is 46.5 Å². The number of hydrogen-bond donors (Lipinski definition) is 1. The van der Waals surface area contributed by atoms with Crippen molar-refractivity contribution in [2.45, 2.75) is 44.9 Å². The quantitative estimate of drug-likeness (QED) is 0.454. The summed E-state index contributed by atoms with van der Waals surface area (Å²) in [6.07, 6.45) is -1.45. The molecule has 122 valence electrons. The number of ether oxygens (including phenoxy) is 1. The van der Waals surface area contributed by atoms with Crippen molar-refractivity contribution < 1.29 is 27.8 Å². The van der Waals surface area contributed by atoms with E-state index in [1.54, 1.807) is 0 Å². The van der Waals surface area contributed by atoms with E-state index in [0.29, 0.717) is 6.42 Å². The van der Waals surface area contributed by atoms with Crippen LogP contribution in [0.2, 0.25) is 0 Å². The molecule has 0 amide bonds. The van der Waals surface area contributed by atoms with E-state index in [-0.39, 0.29) is 11.3 Å². The highest BCUT2D eigenvalue weighted by Crippen LogP contribution is 2.25. The molecule has 6 heteroatoms. The van der Waals surface area contributed by atoms with Gasteiger partial charge in [-0.2, -0.15) is 13.2 Å². The second kappa shape index (κ2) is 8.46. The molecule has 0 aliphatic heterocycles. The van der Waals surface area contributed by atoms with Crippen LogP contribution in [-0.4, -0.2) is 23.4 Å². The van der Waals surface area contributed by atoms with E-state index in [4.69, 9.17) is 5.11 Å². The summed E-state index contributed by atoms with van der Waals surface area (Å²) in [6.45, 7) is 2.00. The lowest BCUT2D eigenvalue weighted by Crippen LogP contribution is -2.32. The number of rotatable bonds is 7.